The molecule has 0 atom stereocenters. The monoisotopic (exact) mass is 394 g/mol. The largest absolute Gasteiger partial charge is 0.573 e. The van der Waals surface area contributed by atoms with Gasteiger partial charge in [-0.25, -0.2) is 0 Å². The zero-order chi connectivity index (χ0) is 20.6. The van der Waals surface area contributed by atoms with E-state index in [1.807, 2.05) is 52.0 Å². The molecule has 0 spiro atoms. The van der Waals surface area contributed by atoms with Gasteiger partial charge in [0.15, 0.2) is 0 Å². The molecule has 3 rings (SSSR count). The molecule has 2 aromatic rings. The van der Waals surface area contributed by atoms with Crippen LogP contribution in [0.1, 0.15) is 33.3 Å². The van der Waals surface area contributed by atoms with Crippen molar-refractivity contribution in [2.24, 2.45) is 0 Å². The molecular weight excluding hydrogens is 372 g/mol. The summed E-state index contributed by atoms with van der Waals surface area (Å²) in [5.74, 6) is 0.163. The SMILES string of the molecule is CC1(C)OB(c2ccc(COc3ccc(OC(F)(F)F)cc3)cc2)OC1(C)C. The Hall–Kier alpha value is -2.19. The van der Waals surface area contributed by atoms with Crippen LogP contribution in [-0.2, 0) is 15.9 Å². The second-order valence-electron chi connectivity index (χ2n) is 7.64. The van der Waals surface area contributed by atoms with E-state index in [9.17, 15) is 13.2 Å². The average molecular weight is 394 g/mol. The summed E-state index contributed by atoms with van der Waals surface area (Å²) in [4.78, 5) is 0. The Kier molecular flexibility index (Phi) is 5.38. The number of ether oxygens (including phenoxy) is 2. The van der Waals surface area contributed by atoms with E-state index in [4.69, 9.17) is 14.0 Å². The highest BCUT2D eigenvalue weighted by molar-refractivity contribution is 6.62. The minimum absolute atomic E-state index is 0.281. The third kappa shape index (κ3) is 4.80. The van der Waals surface area contributed by atoms with Crippen molar-refractivity contribution < 1.29 is 32.0 Å². The third-order valence-corrected chi connectivity index (χ3v) is 4.97. The summed E-state index contributed by atoms with van der Waals surface area (Å²) in [6.45, 7) is 8.28. The predicted molar refractivity (Wildman–Crippen MR) is 99.6 cm³/mol. The van der Waals surface area contributed by atoms with Gasteiger partial charge in [0.2, 0.25) is 0 Å². The quantitative estimate of drug-likeness (QED) is 0.702. The third-order valence-electron chi connectivity index (χ3n) is 4.97. The summed E-state index contributed by atoms with van der Waals surface area (Å²) >= 11 is 0. The van der Waals surface area contributed by atoms with Crippen molar-refractivity contribution in [3.05, 3.63) is 54.1 Å². The number of hydrogen-bond acceptors (Lipinski definition) is 4. The lowest BCUT2D eigenvalue weighted by Gasteiger charge is -2.32. The van der Waals surface area contributed by atoms with Crippen LogP contribution in [0.4, 0.5) is 13.2 Å². The second kappa shape index (κ2) is 7.33. The van der Waals surface area contributed by atoms with Gasteiger partial charge in [-0.1, -0.05) is 24.3 Å². The molecule has 2 aromatic carbocycles. The van der Waals surface area contributed by atoms with Crippen LogP contribution in [0.25, 0.3) is 0 Å². The topological polar surface area (TPSA) is 36.9 Å². The molecule has 0 N–H and O–H groups in total. The van der Waals surface area contributed by atoms with Crippen molar-refractivity contribution in [2.45, 2.75) is 51.9 Å². The number of rotatable bonds is 5. The smallest absolute Gasteiger partial charge is 0.489 e. The summed E-state index contributed by atoms with van der Waals surface area (Å²) in [7, 11) is -0.429. The van der Waals surface area contributed by atoms with E-state index >= 15 is 0 Å². The van der Waals surface area contributed by atoms with Crippen molar-refractivity contribution >= 4 is 12.6 Å². The van der Waals surface area contributed by atoms with Crippen LogP contribution >= 0.6 is 0 Å². The zero-order valence-corrected chi connectivity index (χ0v) is 16.2. The highest BCUT2D eigenvalue weighted by Crippen LogP contribution is 2.36. The predicted octanol–water partition coefficient (Wildman–Crippen LogP) is 4.46. The molecule has 0 radical (unpaired) electrons. The molecule has 0 bridgehead atoms. The molecule has 28 heavy (non-hydrogen) atoms. The van der Waals surface area contributed by atoms with E-state index in [1.54, 1.807) is 0 Å². The lowest BCUT2D eigenvalue weighted by molar-refractivity contribution is -0.274. The van der Waals surface area contributed by atoms with Gasteiger partial charge in [0, 0.05) is 0 Å². The fourth-order valence-corrected chi connectivity index (χ4v) is 2.65. The van der Waals surface area contributed by atoms with Crippen molar-refractivity contribution in [3.63, 3.8) is 0 Å². The molecule has 150 valence electrons. The van der Waals surface area contributed by atoms with Crippen LogP contribution in [0.3, 0.4) is 0 Å². The summed E-state index contributed by atoms with van der Waals surface area (Å²) < 4.78 is 58.0. The van der Waals surface area contributed by atoms with Gasteiger partial charge in [0.25, 0.3) is 0 Å². The molecular formula is C20H22BF3O4. The lowest BCUT2D eigenvalue weighted by Crippen LogP contribution is -2.41. The zero-order valence-electron chi connectivity index (χ0n) is 16.2. The fraction of sp³-hybridized carbons (Fsp3) is 0.400. The van der Waals surface area contributed by atoms with Crippen LogP contribution in [0.5, 0.6) is 11.5 Å². The number of halogens is 3. The summed E-state index contributed by atoms with van der Waals surface area (Å²) in [5, 5.41) is 0. The van der Waals surface area contributed by atoms with Crippen LogP contribution in [0.2, 0.25) is 0 Å². The summed E-state index contributed by atoms with van der Waals surface area (Å²) in [6, 6.07) is 12.9. The van der Waals surface area contributed by atoms with Crippen molar-refractivity contribution in [1.82, 2.24) is 0 Å². The van der Waals surface area contributed by atoms with Crippen LogP contribution < -0.4 is 14.9 Å². The molecule has 8 heteroatoms. The van der Waals surface area contributed by atoms with Crippen molar-refractivity contribution in [2.75, 3.05) is 0 Å². The fourth-order valence-electron chi connectivity index (χ4n) is 2.65. The van der Waals surface area contributed by atoms with Gasteiger partial charge in [-0.2, -0.15) is 0 Å². The van der Waals surface area contributed by atoms with Crippen LogP contribution in [0, 0.1) is 0 Å². The normalized spacial score (nSPS) is 18.2. The van der Waals surface area contributed by atoms with Gasteiger partial charge < -0.3 is 18.8 Å². The summed E-state index contributed by atoms with van der Waals surface area (Å²) in [5.41, 5.74) is 1.02. The molecule has 1 aliphatic rings. The molecule has 0 unspecified atom stereocenters. The number of hydrogen-bond donors (Lipinski definition) is 0. The van der Waals surface area contributed by atoms with E-state index < -0.39 is 24.7 Å². The van der Waals surface area contributed by atoms with E-state index in [-0.39, 0.29) is 12.4 Å². The maximum atomic E-state index is 12.2. The maximum absolute atomic E-state index is 12.2. The molecule has 1 heterocycles. The lowest BCUT2D eigenvalue weighted by atomic mass is 9.79. The molecule has 0 aromatic heterocycles. The minimum atomic E-state index is -4.71. The molecule has 1 aliphatic heterocycles. The minimum Gasteiger partial charge on any atom is -0.489 e. The van der Waals surface area contributed by atoms with Gasteiger partial charge in [-0.05, 0) is 63.0 Å². The van der Waals surface area contributed by atoms with E-state index in [0.717, 1.165) is 11.0 Å². The van der Waals surface area contributed by atoms with Gasteiger partial charge in [0.05, 0.1) is 11.2 Å². The second-order valence-corrected chi connectivity index (χ2v) is 7.64. The molecule has 1 fully saturated rings. The Balaban J connectivity index is 1.57. The average Bonchev–Trinajstić information content (AvgIpc) is 2.81. The number of alkyl halides is 3. The Morgan fingerprint density at radius 1 is 0.821 bits per heavy atom. The first-order valence-electron chi connectivity index (χ1n) is 8.88. The van der Waals surface area contributed by atoms with E-state index in [0.29, 0.717) is 5.75 Å². The highest BCUT2D eigenvalue weighted by Gasteiger charge is 2.51. The molecule has 0 aliphatic carbocycles. The van der Waals surface area contributed by atoms with Gasteiger partial charge in [-0.3, -0.25) is 0 Å². The Bertz CT molecular complexity index is 786. The number of benzene rings is 2. The molecule has 4 nitrogen and oxygen atoms in total. The molecule has 0 saturated carbocycles. The standard InChI is InChI=1S/C20H22BF3O4/c1-18(2)19(3,4)28-21(27-18)15-7-5-14(6-8-15)13-25-16-9-11-17(12-10-16)26-20(22,23)24/h5-12H,13H2,1-4H3. The van der Waals surface area contributed by atoms with Crippen LogP contribution in [-0.4, -0.2) is 24.7 Å². The Labute approximate surface area is 162 Å². The van der Waals surface area contributed by atoms with Gasteiger partial charge in [0.1, 0.15) is 18.1 Å². The maximum Gasteiger partial charge on any atom is 0.573 e. The van der Waals surface area contributed by atoms with E-state index in [1.165, 1.54) is 24.3 Å². The van der Waals surface area contributed by atoms with Gasteiger partial charge >= 0.3 is 13.5 Å². The van der Waals surface area contributed by atoms with Crippen molar-refractivity contribution in [1.29, 1.82) is 0 Å². The Morgan fingerprint density at radius 2 is 1.32 bits per heavy atom. The first kappa shape index (κ1) is 20.5. The molecule has 0 amide bonds. The van der Waals surface area contributed by atoms with Crippen LogP contribution in [0.15, 0.2) is 48.5 Å². The van der Waals surface area contributed by atoms with Gasteiger partial charge in [-0.15, -0.1) is 13.2 Å². The first-order chi connectivity index (χ1) is 13.0. The highest BCUT2D eigenvalue weighted by atomic mass is 19.4. The van der Waals surface area contributed by atoms with E-state index in [2.05, 4.69) is 4.74 Å². The molecule has 1 saturated heterocycles. The summed E-state index contributed by atoms with van der Waals surface area (Å²) in [6.07, 6.45) is -4.71. The van der Waals surface area contributed by atoms with Crippen molar-refractivity contribution in [3.8, 4) is 11.5 Å². The Morgan fingerprint density at radius 3 is 1.82 bits per heavy atom. The first-order valence-corrected chi connectivity index (χ1v) is 8.88.